The summed E-state index contributed by atoms with van der Waals surface area (Å²) in [6, 6.07) is 9.74. The fourth-order valence-electron chi connectivity index (χ4n) is 3.02. The van der Waals surface area contributed by atoms with Gasteiger partial charge in [-0.1, -0.05) is 24.3 Å². The zero-order valence-corrected chi connectivity index (χ0v) is 12.4. The average Bonchev–Trinajstić information content (AvgIpc) is 3.09. The first kappa shape index (κ1) is 14.2. The molecule has 1 fully saturated rings. The van der Waals surface area contributed by atoms with Gasteiger partial charge in [-0.2, -0.15) is 0 Å². The minimum atomic E-state index is -0.800. The monoisotopic (exact) mass is 305 g/mol. The van der Waals surface area contributed by atoms with Crippen molar-refractivity contribution in [1.29, 1.82) is 0 Å². The first-order valence-electron chi connectivity index (χ1n) is 6.81. The number of aliphatic hydroxyl groups is 1. The van der Waals surface area contributed by atoms with Crippen molar-refractivity contribution in [1.82, 2.24) is 4.90 Å². The molecule has 0 radical (unpaired) electrons. The summed E-state index contributed by atoms with van der Waals surface area (Å²) in [4.78, 5) is 14.4. The van der Waals surface area contributed by atoms with Gasteiger partial charge in [0.2, 0.25) is 5.91 Å². The molecule has 1 aliphatic rings. The Kier molecular flexibility index (Phi) is 3.78. The summed E-state index contributed by atoms with van der Waals surface area (Å²) < 4.78 is 14.1. The highest BCUT2D eigenvalue weighted by atomic mass is 32.1. The normalized spacial score (nSPS) is 23.6. The predicted molar refractivity (Wildman–Crippen MR) is 79.6 cm³/mol. The Morgan fingerprint density at radius 3 is 2.76 bits per heavy atom. The number of benzene rings is 1. The number of nitrogens with zero attached hydrogens (tertiary/aromatic N) is 1. The van der Waals surface area contributed by atoms with E-state index in [0.29, 0.717) is 5.56 Å². The second kappa shape index (κ2) is 5.58. The van der Waals surface area contributed by atoms with Crippen LogP contribution in [0.4, 0.5) is 4.39 Å². The number of likely N-dealkylation sites (tertiary alicyclic amines) is 1. The van der Waals surface area contributed by atoms with Crippen molar-refractivity contribution in [2.45, 2.75) is 24.5 Å². The van der Waals surface area contributed by atoms with Gasteiger partial charge < -0.3 is 10.0 Å². The predicted octanol–water partition coefficient (Wildman–Crippen LogP) is 2.94. The van der Waals surface area contributed by atoms with Crippen LogP contribution < -0.4 is 0 Å². The summed E-state index contributed by atoms with van der Waals surface area (Å²) in [5.74, 6) is -0.723. The highest BCUT2D eigenvalue weighted by Gasteiger charge is 2.44. The lowest BCUT2D eigenvalue weighted by Gasteiger charge is -2.29. The summed E-state index contributed by atoms with van der Waals surface area (Å²) in [5, 5.41) is 12.5. The number of likely N-dealkylation sites (N-methyl/N-ethyl adjacent to an activating group) is 1. The fraction of sp³-hybridized carbons (Fsp3) is 0.312. The van der Waals surface area contributed by atoms with Crippen molar-refractivity contribution < 1.29 is 14.3 Å². The van der Waals surface area contributed by atoms with Gasteiger partial charge in [0, 0.05) is 24.3 Å². The molecule has 3 rings (SSSR count). The Bertz CT molecular complexity index is 643. The van der Waals surface area contributed by atoms with Gasteiger partial charge in [-0.15, -0.1) is 11.3 Å². The first-order valence-corrected chi connectivity index (χ1v) is 7.69. The third-order valence-electron chi connectivity index (χ3n) is 4.11. The lowest BCUT2D eigenvalue weighted by molar-refractivity contribution is -0.128. The molecule has 2 aromatic rings. The van der Waals surface area contributed by atoms with Crippen LogP contribution >= 0.6 is 11.3 Å². The molecule has 1 aromatic carbocycles. The number of rotatable bonds is 3. The molecule has 2 heterocycles. The van der Waals surface area contributed by atoms with Crippen LogP contribution in [0.5, 0.6) is 0 Å². The molecule has 0 aliphatic carbocycles. The van der Waals surface area contributed by atoms with E-state index in [2.05, 4.69) is 0 Å². The van der Waals surface area contributed by atoms with E-state index in [4.69, 9.17) is 0 Å². The molecule has 0 spiro atoms. The molecule has 3 nitrogen and oxygen atoms in total. The molecule has 1 saturated heterocycles. The van der Waals surface area contributed by atoms with Crippen LogP contribution in [0, 0.1) is 5.82 Å². The minimum Gasteiger partial charge on any atom is -0.385 e. The zero-order chi connectivity index (χ0) is 15.0. The van der Waals surface area contributed by atoms with Gasteiger partial charge in [-0.3, -0.25) is 4.79 Å². The van der Waals surface area contributed by atoms with E-state index in [1.54, 1.807) is 30.1 Å². The molecule has 110 valence electrons. The van der Waals surface area contributed by atoms with E-state index in [0.717, 1.165) is 4.88 Å². The van der Waals surface area contributed by atoms with Gasteiger partial charge in [-0.25, -0.2) is 4.39 Å². The number of hydrogen-bond acceptors (Lipinski definition) is 3. The Balaban J connectivity index is 1.99. The molecule has 1 aromatic heterocycles. The van der Waals surface area contributed by atoms with Crippen LogP contribution in [0.2, 0.25) is 0 Å². The molecule has 3 atom stereocenters. The van der Waals surface area contributed by atoms with Crippen molar-refractivity contribution in [2.24, 2.45) is 0 Å². The molecule has 0 saturated carbocycles. The minimum absolute atomic E-state index is 0.0659. The molecule has 21 heavy (non-hydrogen) atoms. The highest BCUT2D eigenvalue weighted by Crippen LogP contribution is 2.41. The van der Waals surface area contributed by atoms with Crippen LogP contribution in [-0.2, 0) is 4.79 Å². The largest absolute Gasteiger partial charge is 0.385 e. The van der Waals surface area contributed by atoms with Crippen molar-refractivity contribution >= 4 is 17.2 Å². The number of hydrogen-bond donors (Lipinski definition) is 1. The third-order valence-corrected chi connectivity index (χ3v) is 5.05. The molecule has 1 N–H and O–H groups in total. The van der Waals surface area contributed by atoms with Gasteiger partial charge in [0.05, 0.1) is 6.04 Å². The molecule has 1 aliphatic heterocycles. The van der Waals surface area contributed by atoms with E-state index < -0.39 is 12.1 Å². The summed E-state index contributed by atoms with van der Waals surface area (Å²) in [5.41, 5.74) is 0.496. The SMILES string of the molecule is CN1C(=O)C[C@H](c2ccccc2F)[C@@H]1C(O)c1cccs1. The maximum absolute atomic E-state index is 14.1. The van der Waals surface area contributed by atoms with Crippen molar-refractivity contribution in [3.05, 3.63) is 58.0 Å². The lowest BCUT2D eigenvalue weighted by Crippen LogP contribution is -2.36. The number of amides is 1. The highest BCUT2D eigenvalue weighted by molar-refractivity contribution is 7.10. The molecule has 1 amide bonds. The molecular weight excluding hydrogens is 289 g/mol. The second-order valence-corrected chi connectivity index (χ2v) is 6.27. The average molecular weight is 305 g/mol. The smallest absolute Gasteiger partial charge is 0.223 e. The Hall–Kier alpha value is -1.72. The number of carbonyl (C=O) groups excluding carboxylic acids is 1. The van der Waals surface area contributed by atoms with Crippen molar-refractivity contribution in [3.8, 4) is 0 Å². The lowest BCUT2D eigenvalue weighted by atomic mass is 9.88. The van der Waals surface area contributed by atoms with Crippen molar-refractivity contribution in [2.75, 3.05) is 7.05 Å². The summed E-state index contributed by atoms with van der Waals surface area (Å²) in [6.07, 6.45) is -0.573. The van der Waals surface area contributed by atoms with E-state index in [9.17, 15) is 14.3 Å². The second-order valence-electron chi connectivity index (χ2n) is 5.29. The first-order chi connectivity index (χ1) is 10.1. The van der Waals surface area contributed by atoms with Crippen LogP contribution in [0.1, 0.15) is 28.9 Å². The Morgan fingerprint density at radius 1 is 1.33 bits per heavy atom. The maximum atomic E-state index is 14.1. The fourth-order valence-corrected chi connectivity index (χ4v) is 3.77. The Morgan fingerprint density at radius 2 is 2.10 bits per heavy atom. The van der Waals surface area contributed by atoms with E-state index in [-0.39, 0.29) is 24.1 Å². The quantitative estimate of drug-likeness (QED) is 0.947. The van der Waals surface area contributed by atoms with Crippen LogP contribution in [0.3, 0.4) is 0 Å². The third kappa shape index (κ3) is 2.47. The Labute approximate surface area is 126 Å². The summed E-state index contributed by atoms with van der Waals surface area (Å²) in [6.45, 7) is 0. The molecule has 5 heteroatoms. The molecule has 1 unspecified atom stereocenters. The van der Waals surface area contributed by atoms with Crippen LogP contribution in [-0.4, -0.2) is 29.0 Å². The van der Waals surface area contributed by atoms with Crippen LogP contribution in [0.25, 0.3) is 0 Å². The maximum Gasteiger partial charge on any atom is 0.223 e. The van der Waals surface area contributed by atoms with Crippen LogP contribution in [0.15, 0.2) is 41.8 Å². The number of thiophene rings is 1. The summed E-state index contributed by atoms with van der Waals surface area (Å²) in [7, 11) is 1.67. The number of carbonyl (C=O) groups is 1. The van der Waals surface area contributed by atoms with Gasteiger partial charge in [0.25, 0.3) is 0 Å². The van der Waals surface area contributed by atoms with E-state index >= 15 is 0 Å². The summed E-state index contributed by atoms with van der Waals surface area (Å²) >= 11 is 1.44. The van der Waals surface area contributed by atoms with Crippen molar-refractivity contribution in [3.63, 3.8) is 0 Å². The molecular formula is C16H16FNO2S. The standard InChI is InChI=1S/C16H16FNO2S/c1-18-14(19)9-11(10-5-2-3-6-12(10)17)15(18)16(20)13-7-4-8-21-13/h2-8,11,15-16,20H,9H2,1H3/t11-,15-,16?/m1/s1. The van der Waals surface area contributed by atoms with E-state index in [1.165, 1.54) is 17.4 Å². The molecule has 0 bridgehead atoms. The zero-order valence-electron chi connectivity index (χ0n) is 11.6. The van der Waals surface area contributed by atoms with E-state index in [1.807, 2.05) is 17.5 Å². The van der Waals surface area contributed by atoms with Gasteiger partial charge in [0.15, 0.2) is 0 Å². The van der Waals surface area contributed by atoms with Gasteiger partial charge in [0.1, 0.15) is 11.9 Å². The number of halogens is 1. The van der Waals surface area contributed by atoms with Gasteiger partial charge in [-0.05, 0) is 23.1 Å². The topological polar surface area (TPSA) is 40.5 Å². The number of aliphatic hydroxyl groups excluding tert-OH is 1. The van der Waals surface area contributed by atoms with Gasteiger partial charge >= 0.3 is 0 Å².